The summed E-state index contributed by atoms with van der Waals surface area (Å²) in [5, 5.41) is 9.31. The number of anilines is 1. The van der Waals surface area contributed by atoms with Crippen LogP contribution in [0.4, 0.5) is 10.6 Å². The van der Waals surface area contributed by atoms with Crippen molar-refractivity contribution in [2.45, 2.75) is 64.8 Å². The van der Waals surface area contributed by atoms with Gasteiger partial charge in [-0.25, -0.2) is 14.5 Å². The van der Waals surface area contributed by atoms with E-state index in [0.29, 0.717) is 11.7 Å². The Balaban J connectivity index is 1.58. The molecule has 3 unspecified atom stereocenters. The number of aromatic nitrogens is 3. The smallest absolute Gasteiger partial charge is 0.407 e. The summed E-state index contributed by atoms with van der Waals surface area (Å²) in [5.74, 6) is 1.10. The topological polar surface area (TPSA) is 81.5 Å². The number of amides is 1. The second-order valence-corrected chi connectivity index (χ2v) is 9.64. The first-order valence-electron chi connectivity index (χ1n) is 10.6. The van der Waals surface area contributed by atoms with Crippen LogP contribution in [0.15, 0.2) is 12.3 Å². The van der Waals surface area contributed by atoms with Crippen LogP contribution in [-0.4, -0.2) is 52.2 Å². The molecule has 3 atom stereocenters. The minimum atomic E-state index is -0.522. The maximum atomic E-state index is 12.3. The van der Waals surface area contributed by atoms with Gasteiger partial charge in [0.1, 0.15) is 10.8 Å². The third-order valence-electron chi connectivity index (χ3n) is 5.58. The summed E-state index contributed by atoms with van der Waals surface area (Å²) in [6.45, 7) is 9.88. The Morgan fingerprint density at radius 1 is 1.33 bits per heavy atom. The molecule has 9 heteroatoms. The van der Waals surface area contributed by atoms with Crippen molar-refractivity contribution in [1.29, 1.82) is 0 Å². The molecule has 2 aliphatic heterocycles. The molecule has 2 fully saturated rings. The van der Waals surface area contributed by atoms with Gasteiger partial charge in [-0.3, -0.25) is 0 Å². The van der Waals surface area contributed by atoms with E-state index in [4.69, 9.17) is 26.2 Å². The molecule has 0 spiro atoms. The van der Waals surface area contributed by atoms with E-state index in [2.05, 4.69) is 22.1 Å². The van der Waals surface area contributed by atoms with E-state index >= 15 is 0 Å². The number of carbonyl (C=O) groups excluding carboxylic acids is 1. The predicted molar refractivity (Wildman–Crippen MR) is 116 cm³/mol. The first-order chi connectivity index (χ1) is 14.2. The summed E-state index contributed by atoms with van der Waals surface area (Å²) >= 11 is 6.19. The number of alkyl carbamates (subject to hydrolysis) is 1. The second-order valence-electron chi connectivity index (χ2n) is 9.25. The van der Waals surface area contributed by atoms with Gasteiger partial charge in [0.15, 0.2) is 12.0 Å². The SMILES string of the molecule is CC1CN(c2nn(C3CCCCO3)c3cc(Cl)ncc23)CC1NC(=O)OC(C)(C)C. The van der Waals surface area contributed by atoms with Gasteiger partial charge >= 0.3 is 6.09 Å². The van der Waals surface area contributed by atoms with E-state index in [1.54, 1.807) is 6.20 Å². The number of fused-ring (bicyclic) bond motifs is 1. The number of carbonyl (C=O) groups is 1. The Morgan fingerprint density at radius 3 is 2.83 bits per heavy atom. The number of halogens is 1. The molecule has 2 aliphatic rings. The molecule has 4 heterocycles. The van der Waals surface area contributed by atoms with E-state index in [0.717, 1.165) is 49.1 Å². The fourth-order valence-electron chi connectivity index (χ4n) is 4.15. The molecule has 2 aromatic rings. The van der Waals surface area contributed by atoms with E-state index in [9.17, 15) is 4.79 Å². The number of pyridine rings is 1. The van der Waals surface area contributed by atoms with Crippen molar-refractivity contribution in [3.63, 3.8) is 0 Å². The zero-order valence-corrected chi connectivity index (χ0v) is 18.8. The van der Waals surface area contributed by atoms with E-state index in [1.165, 1.54) is 0 Å². The lowest BCUT2D eigenvalue weighted by Gasteiger charge is -2.23. The Bertz CT molecular complexity index is 919. The molecule has 164 valence electrons. The molecule has 0 radical (unpaired) electrons. The molecule has 2 saturated heterocycles. The molecule has 2 aromatic heterocycles. The van der Waals surface area contributed by atoms with Crippen LogP contribution >= 0.6 is 11.6 Å². The van der Waals surface area contributed by atoms with Crippen molar-refractivity contribution in [2.75, 3.05) is 24.6 Å². The third-order valence-corrected chi connectivity index (χ3v) is 5.79. The average Bonchev–Trinajstić information content (AvgIpc) is 3.21. The molecule has 0 saturated carbocycles. The van der Waals surface area contributed by atoms with Crippen LogP contribution in [0.25, 0.3) is 10.9 Å². The molecule has 0 aromatic carbocycles. The lowest BCUT2D eigenvalue weighted by Crippen LogP contribution is -2.42. The van der Waals surface area contributed by atoms with Crippen molar-refractivity contribution < 1.29 is 14.3 Å². The standard InChI is InChI=1S/C21H30ClN5O3/c1-13-11-26(12-15(13)24-20(28)30-21(2,3)4)19-14-10-23-17(22)9-16(14)27(25-19)18-7-5-6-8-29-18/h9-10,13,15,18H,5-8,11-12H2,1-4H3,(H,24,28). The summed E-state index contributed by atoms with van der Waals surface area (Å²) in [6, 6.07) is 1.83. The quantitative estimate of drug-likeness (QED) is 0.730. The van der Waals surface area contributed by atoms with Gasteiger partial charge in [-0.1, -0.05) is 18.5 Å². The van der Waals surface area contributed by atoms with Gasteiger partial charge in [-0.2, -0.15) is 5.10 Å². The highest BCUT2D eigenvalue weighted by Crippen LogP contribution is 2.34. The van der Waals surface area contributed by atoms with Crippen LogP contribution < -0.4 is 10.2 Å². The van der Waals surface area contributed by atoms with Gasteiger partial charge in [0.05, 0.1) is 16.9 Å². The summed E-state index contributed by atoms with van der Waals surface area (Å²) in [7, 11) is 0. The van der Waals surface area contributed by atoms with Crippen molar-refractivity contribution in [1.82, 2.24) is 20.1 Å². The fraction of sp³-hybridized carbons (Fsp3) is 0.667. The first-order valence-corrected chi connectivity index (χ1v) is 11.0. The molecule has 4 rings (SSSR count). The van der Waals surface area contributed by atoms with Crippen LogP contribution in [0.5, 0.6) is 0 Å². The lowest BCUT2D eigenvalue weighted by molar-refractivity contribution is -0.0365. The van der Waals surface area contributed by atoms with Gasteiger partial charge in [0.25, 0.3) is 0 Å². The summed E-state index contributed by atoms with van der Waals surface area (Å²) in [4.78, 5) is 18.7. The van der Waals surface area contributed by atoms with E-state index < -0.39 is 5.60 Å². The summed E-state index contributed by atoms with van der Waals surface area (Å²) in [5.41, 5.74) is 0.402. The summed E-state index contributed by atoms with van der Waals surface area (Å²) < 4.78 is 13.3. The minimum Gasteiger partial charge on any atom is -0.444 e. The van der Waals surface area contributed by atoms with E-state index in [1.807, 2.05) is 31.5 Å². The first kappa shape index (κ1) is 21.2. The summed E-state index contributed by atoms with van der Waals surface area (Å²) in [6.07, 6.45) is 4.41. The normalized spacial score (nSPS) is 25.0. The fourth-order valence-corrected chi connectivity index (χ4v) is 4.30. The van der Waals surface area contributed by atoms with Crippen LogP contribution in [0.2, 0.25) is 5.15 Å². The zero-order valence-electron chi connectivity index (χ0n) is 18.0. The number of nitrogens with zero attached hydrogens (tertiary/aromatic N) is 4. The van der Waals surface area contributed by atoms with Gasteiger partial charge in [0.2, 0.25) is 0 Å². The molecular formula is C21H30ClN5O3. The van der Waals surface area contributed by atoms with Gasteiger partial charge in [-0.05, 0) is 46.0 Å². The second kappa shape index (κ2) is 8.23. The highest BCUT2D eigenvalue weighted by Gasteiger charge is 2.35. The molecule has 0 bridgehead atoms. The van der Waals surface area contributed by atoms with Crippen LogP contribution in [0.1, 0.15) is 53.2 Å². The lowest BCUT2D eigenvalue weighted by atomic mass is 10.1. The number of ether oxygens (including phenoxy) is 2. The van der Waals surface area contributed by atoms with Crippen LogP contribution in [0, 0.1) is 5.92 Å². The zero-order chi connectivity index (χ0) is 21.5. The monoisotopic (exact) mass is 435 g/mol. The third kappa shape index (κ3) is 4.49. The van der Waals surface area contributed by atoms with E-state index in [-0.39, 0.29) is 24.3 Å². The highest BCUT2D eigenvalue weighted by molar-refractivity contribution is 6.30. The molecule has 0 aliphatic carbocycles. The van der Waals surface area contributed by atoms with Crippen molar-refractivity contribution in [3.05, 3.63) is 17.4 Å². The van der Waals surface area contributed by atoms with Crippen molar-refractivity contribution in [3.8, 4) is 0 Å². The average molecular weight is 436 g/mol. The van der Waals surface area contributed by atoms with Crippen LogP contribution in [0.3, 0.4) is 0 Å². The van der Waals surface area contributed by atoms with Crippen molar-refractivity contribution >= 4 is 34.4 Å². The Labute approximate surface area is 181 Å². The molecule has 1 amide bonds. The molecule has 1 N–H and O–H groups in total. The largest absolute Gasteiger partial charge is 0.444 e. The van der Waals surface area contributed by atoms with Crippen LogP contribution in [-0.2, 0) is 9.47 Å². The Hall–Kier alpha value is -2.06. The number of hydrogen-bond donors (Lipinski definition) is 1. The van der Waals surface area contributed by atoms with Gasteiger partial charge in [-0.15, -0.1) is 0 Å². The van der Waals surface area contributed by atoms with Gasteiger partial charge in [0, 0.05) is 32.0 Å². The molecule has 30 heavy (non-hydrogen) atoms. The number of hydrogen-bond acceptors (Lipinski definition) is 6. The maximum absolute atomic E-state index is 12.3. The highest BCUT2D eigenvalue weighted by atomic mass is 35.5. The van der Waals surface area contributed by atoms with Crippen molar-refractivity contribution in [2.24, 2.45) is 5.92 Å². The number of nitrogens with one attached hydrogen (secondary N) is 1. The predicted octanol–water partition coefficient (Wildman–Crippen LogP) is 4.13. The number of rotatable bonds is 3. The van der Waals surface area contributed by atoms with Gasteiger partial charge < -0.3 is 19.7 Å². The minimum absolute atomic E-state index is 0.0220. The maximum Gasteiger partial charge on any atom is 0.407 e. The Kier molecular flexibility index (Phi) is 5.81. The Morgan fingerprint density at radius 2 is 2.13 bits per heavy atom. The molecular weight excluding hydrogens is 406 g/mol. The molecule has 8 nitrogen and oxygen atoms in total.